The number of aromatic nitrogens is 2. The number of nitrogens with one attached hydrogen (secondary N) is 2. The molecule has 0 atom stereocenters. The van der Waals surface area contributed by atoms with Gasteiger partial charge in [-0.05, 0) is 43.3 Å². The number of benzene rings is 2. The van der Waals surface area contributed by atoms with Crippen molar-refractivity contribution in [2.75, 3.05) is 29.6 Å². The van der Waals surface area contributed by atoms with Gasteiger partial charge in [0.15, 0.2) is 0 Å². The highest BCUT2D eigenvalue weighted by Gasteiger charge is 2.04. The Morgan fingerprint density at radius 1 is 0.792 bits per heavy atom. The Labute approximate surface area is 142 Å². The van der Waals surface area contributed by atoms with E-state index < -0.39 is 0 Å². The number of hydrogen-bond acceptors (Lipinski definition) is 5. The summed E-state index contributed by atoms with van der Waals surface area (Å²) in [6.45, 7) is 1.96. The van der Waals surface area contributed by atoms with Gasteiger partial charge in [0.2, 0.25) is 5.95 Å². The van der Waals surface area contributed by atoms with E-state index >= 15 is 0 Å². The molecule has 3 rings (SSSR count). The zero-order valence-electron chi connectivity index (χ0n) is 14.1. The van der Waals surface area contributed by atoms with E-state index in [0.29, 0.717) is 5.95 Å². The van der Waals surface area contributed by atoms with E-state index in [1.165, 1.54) is 0 Å². The molecule has 0 aliphatic carbocycles. The van der Waals surface area contributed by atoms with E-state index in [0.717, 1.165) is 28.6 Å². The summed E-state index contributed by atoms with van der Waals surface area (Å²) in [7, 11) is 4.04. The summed E-state index contributed by atoms with van der Waals surface area (Å²) in [5, 5.41) is 6.55. The van der Waals surface area contributed by atoms with Gasteiger partial charge in [-0.15, -0.1) is 0 Å². The fraction of sp³-hybridized carbons (Fsp3) is 0.158. The summed E-state index contributed by atoms with van der Waals surface area (Å²) in [4.78, 5) is 11.1. The summed E-state index contributed by atoms with van der Waals surface area (Å²) in [5.41, 5.74) is 4.00. The molecule has 1 aromatic heterocycles. The van der Waals surface area contributed by atoms with Gasteiger partial charge < -0.3 is 15.5 Å². The molecule has 3 aromatic rings. The van der Waals surface area contributed by atoms with Crippen molar-refractivity contribution in [3.8, 4) is 0 Å². The van der Waals surface area contributed by atoms with E-state index in [-0.39, 0.29) is 0 Å². The quantitative estimate of drug-likeness (QED) is 0.733. The lowest BCUT2D eigenvalue weighted by Crippen LogP contribution is -2.08. The van der Waals surface area contributed by atoms with Crippen LogP contribution in [0.25, 0.3) is 0 Å². The van der Waals surface area contributed by atoms with Crippen molar-refractivity contribution in [3.05, 3.63) is 66.4 Å². The van der Waals surface area contributed by atoms with Crippen LogP contribution in [0.2, 0.25) is 0 Å². The van der Waals surface area contributed by atoms with Crippen LogP contribution in [-0.4, -0.2) is 24.1 Å². The monoisotopic (exact) mass is 319 g/mol. The van der Waals surface area contributed by atoms with Crippen LogP contribution in [0, 0.1) is 6.92 Å². The van der Waals surface area contributed by atoms with Crippen LogP contribution in [-0.2, 0) is 0 Å². The molecule has 0 saturated carbocycles. The standard InChI is InChI=1S/C19H21N5/c1-14-13-18(21-15-7-5-4-6-8-15)23-19(20-14)22-16-9-11-17(12-10-16)24(2)3/h4-13H,1-3H3,(H2,20,21,22,23). The molecule has 5 heteroatoms. The van der Waals surface area contributed by atoms with Crippen molar-refractivity contribution in [2.24, 2.45) is 0 Å². The third-order valence-corrected chi connectivity index (χ3v) is 3.54. The van der Waals surface area contributed by atoms with Crippen LogP contribution >= 0.6 is 0 Å². The first kappa shape index (κ1) is 15.8. The third kappa shape index (κ3) is 4.01. The molecule has 0 unspecified atom stereocenters. The topological polar surface area (TPSA) is 53.1 Å². The minimum atomic E-state index is 0.575. The van der Waals surface area contributed by atoms with Gasteiger partial charge in [0, 0.05) is 42.9 Å². The SMILES string of the molecule is Cc1cc(Nc2ccccc2)nc(Nc2ccc(N(C)C)cc2)n1. The highest BCUT2D eigenvalue weighted by Crippen LogP contribution is 2.21. The van der Waals surface area contributed by atoms with Crippen molar-refractivity contribution in [2.45, 2.75) is 6.92 Å². The first-order valence-electron chi connectivity index (χ1n) is 7.82. The Hall–Kier alpha value is -3.08. The molecule has 122 valence electrons. The van der Waals surface area contributed by atoms with Gasteiger partial charge in [-0.2, -0.15) is 4.98 Å². The van der Waals surface area contributed by atoms with Gasteiger partial charge in [0.25, 0.3) is 0 Å². The predicted molar refractivity (Wildman–Crippen MR) is 101 cm³/mol. The van der Waals surface area contributed by atoms with Gasteiger partial charge in [-0.3, -0.25) is 0 Å². The number of nitrogens with zero attached hydrogens (tertiary/aromatic N) is 3. The number of hydrogen-bond donors (Lipinski definition) is 2. The number of para-hydroxylation sites is 1. The molecular weight excluding hydrogens is 298 g/mol. The average molecular weight is 319 g/mol. The molecule has 24 heavy (non-hydrogen) atoms. The van der Waals surface area contributed by atoms with Crippen molar-refractivity contribution < 1.29 is 0 Å². The molecule has 0 spiro atoms. The number of anilines is 5. The normalized spacial score (nSPS) is 10.3. The van der Waals surface area contributed by atoms with E-state index in [9.17, 15) is 0 Å². The number of aryl methyl sites for hydroxylation is 1. The molecule has 0 aliphatic rings. The molecule has 0 aliphatic heterocycles. The summed E-state index contributed by atoms with van der Waals surface area (Å²) < 4.78 is 0. The van der Waals surface area contributed by atoms with Gasteiger partial charge in [-0.1, -0.05) is 18.2 Å². The highest BCUT2D eigenvalue weighted by atomic mass is 15.1. The first-order chi connectivity index (χ1) is 11.6. The fourth-order valence-corrected chi connectivity index (χ4v) is 2.33. The Balaban J connectivity index is 1.78. The van der Waals surface area contributed by atoms with Gasteiger partial charge >= 0.3 is 0 Å². The average Bonchev–Trinajstić information content (AvgIpc) is 2.55. The zero-order valence-corrected chi connectivity index (χ0v) is 14.1. The molecule has 0 saturated heterocycles. The zero-order chi connectivity index (χ0) is 16.9. The molecule has 1 heterocycles. The second-order valence-electron chi connectivity index (χ2n) is 5.78. The Kier molecular flexibility index (Phi) is 4.61. The minimum absolute atomic E-state index is 0.575. The van der Waals surface area contributed by atoms with Gasteiger partial charge in [-0.25, -0.2) is 4.98 Å². The van der Waals surface area contributed by atoms with Gasteiger partial charge in [0.05, 0.1) is 0 Å². The Bertz CT molecular complexity index is 798. The van der Waals surface area contributed by atoms with Crippen molar-refractivity contribution in [1.29, 1.82) is 0 Å². The summed E-state index contributed by atoms with van der Waals surface area (Å²) in [5.74, 6) is 1.34. The second-order valence-corrected chi connectivity index (χ2v) is 5.78. The third-order valence-electron chi connectivity index (χ3n) is 3.54. The summed E-state index contributed by atoms with van der Waals surface area (Å²) in [6.07, 6.45) is 0. The molecule has 0 radical (unpaired) electrons. The molecule has 0 fully saturated rings. The Morgan fingerprint density at radius 2 is 1.46 bits per heavy atom. The fourth-order valence-electron chi connectivity index (χ4n) is 2.33. The molecule has 0 amide bonds. The maximum absolute atomic E-state index is 4.54. The van der Waals surface area contributed by atoms with Crippen LogP contribution in [0.4, 0.5) is 28.8 Å². The lowest BCUT2D eigenvalue weighted by atomic mass is 10.2. The van der Waals surface area contributed by atoms with Crippen molar-refractivity contribution in [1.82, 2.24) is 9.97 Å². The lowest BCUT2D eigenvalue weighted by molar-refractivity contribution is 1.11. The molecule has 2 N–H and O–H groups in total. The molecule has 0 bridgehead atoms. The van der Waals surface area contributed by atoms with E-state index in [4.69, 9.17) is 0 Å². The van der Waals surface area contributed by atoms with Crippen LogP contribution in [0.15, 0.2) is 60.7 Å². The molecular formula is C19H21N5. The van der Waals surface area contributed by atoms with Crippen LogP contribution in [0.3, 0.4) is 0 Å². The van der Waals surface area contributed by atoms with Crippen LogP contribution in [0.5, 0.6) is 0 Å². The van der Waals surface area contributed by atoms with E-state index in [2.05, 4.69) is 37.6 Å². The Morgan fingerprint density at radius 3 is 2.12 bits per heavy atom. The summed E-state index contributed by atoms with van der Waals surface area (Å²) in [6, 6.07) is 20.0. The highest BCUT2D eigenvalue weighted by molar-refractivity contribution is 5.62. The predicted octanol–water partition coefficient (Wildman–Crippen LogP) is 4.34. The van der Waals surface area contributed by atoms with E-state index in [1.807, 2.05) is 69.6 Å². The van der Waals surface area contributed by atoms with Gasteiger partial charge in [0.1, 0.15) is 5.82 Å². The molecule has 5 nitrogen and oxygen atoms in total. The maximum Gasteiger partial charge on any atom is 0.229 e. The largest absolute Gasteiger partial charge is 0.378 e. The molecule has 2 aromatic carbocycles. The van der Waals surface area contributed by atoms with Crippen molar-refractivity contribution in [3.63, 3.8) is 0 Å². The van der Waals surface area contributed by atoms with Crippen molar-refractivity contribution >= 4 is 28.8 Å². The van der Waals surface area contributed by atoms with Crippen LogP contribution in [0.1, 0.15) is 5.69 Å². The lowest BCUT2D eigenvalue weighted by Gasteiger charge is -2.13. The van der Waals surface area contributed by atoms with E-state index in [1.54, 1.807) is 0 Å². The van der Waals surface area contributed by atoms with Crippen LogP contribution < -0.4 is 15.5 Å². The number of rotatable bonds is 5. The second kappa shape index (κ2) is 7.00. The smallest absolute Gasteiger partial charge is 0.229 e. The maximum atomic E-state index is 4.54. The summed E-state index contributed by atoms with van der Waals surface area (Å²) >= 11 is 0. The first-order valence-corrected chi connectivity index (χ1v) is 7.82. The minimum Gasteiger partial charge on any atom is -0.378 e.